The molecule has 1 aliphatic carbocycles. The molecule has 1 saturated carbocycles. The number of halogens is 1. The first kappa shape index (κ1) is 14.7. The highest BCUT2D eigenvalue weighted by molar-refractivity contribution is 5.90. The zero-order valence-corrected chi connectivity index (χ0v) is 13.1. The van der Waals surface area contributed by atoms with Crippen molar-refractivity contribution < 1.29 is 9.50 Å². The number of fused-ring (bicyclic) bond motifs is 1. The molecule has 0 unspecified atom stereocenters. The number of hydrogen-bond acceptors (Lipinski definition) is 4. The average Bonchev–Trinajstić information content (AvgIpc) is 3.41. The van der Waals surface area contributed by atoms with Gasteiger partial charge in [-0.15, -0.1) is 0 Å². The van der Waals surface area contributed by atoms with Crippen LogP contribution >= 0.6 is 0 Å². The van der Waals surface area contributed by atoms with Gasteiger partial charge in [0, 0.05) is 18.5 Å². The molecule has 1 fully saturated rings. The molecule has 0 amide bonds. The van der Waals surface area contributed by atoms with Crippen LogP contribution in [0.3, 0.4) is 0 Å². The summed E-state index contributed by atoms with van der Waals surface area (Å²) in [5.41, 5.74) is 1.77. The van der Waals surface area contributed by atoms with Crippen molar-refractivity contribution in [3.63, 3.8) is 0 Å². The molecule has 2 aromatic carbocycles. The molecule has 0 atom stereocenters. The number of aromatic hydroxyl groups is 1. The number of rotatable bonds is 3. The summed E-state index contributed by atoms with van der Waals surface area (Å²) in [6, 6.07) is 9.82. The third-order valence-corrected chi connectivity index (χ3v) is 4.39. The predicted octanol–water partition coefficient (Wildman–Crippen LogP) is 3.15. The van der Waals surface area contributed by atoms with E-state index in [2.05, 4.69) is 16.4 Å². The van der Waals surface area contributed by atoms with Crippen molar-refractivity contribution in [1.82, 2.24) is 9.55 Å². The Balaban J connectivity index is 2.05. The topological polar surface area (TPSA) is 67.2 Å². The molecule has 1 aromatic heterocycles. The van der Waals surface area contributed by atoms with Crippen molar-refractivity contribution >= 4 is 16.7 Å². The second-order valence-corrected chi connectivity index (χ2v) is 6.01. The van der Waals surface area contributed by atoms with Gasteiger partial charge in [-0.1, -0.05) is 6.07 Å². The Kier molecular flexibility index (Phi) is 3.26. The van der Waals surface area contributed by atoms with Crippen molar-refractivity contribution in [2.45, 2.75) is 18.8 Å². The maximum absolute atomic E-state index is 13.4. The van der Waals surface area contributed by atoms with Crippen molar-refractivity contribution in [2.24, 2.45) is 0 Å². The fraction of sp³-hybridized carbons (Fsp3) is 0.222. The van der Waals surface area contributed by atoms with E-state index in [0.717, 1.165) is 24.3 Å². The summed E-state index contributed by atoms with van der Waals surface area (Å²) in [6.45, 7) is 0. The minimum atomic E-state index is -0.727. The van der Waals surface area contributed by atoms with Gasteiger partial charge in [-0.25, -0.2) is 9.18 Å². The molecule has 1 aliphatic rings. The Bertz CT molecular complexity index is 1010. The van der Waals surface area contributed by atoms with Crippen LogP contribution in [0.5, 0.6) is 5.75 Å². The minimum Gasteiger partial charge on any atom is -0.505 e. The molecule has 1 heterocycles. The molecule has 122 valence electrons. The van der Waals surface area contributed by atoms with Gasteiger partial charge in [0.1, 0.15) is 5.82 Å². The summed E-state index contributed by atoms with van der Waals surface area (Å²) in [4.78, 5) is 16.6. The molecule has 0 radical (unpaired) electrons. The van der Waals surface area contributed by atoms with Crippen LogP contribution in [0.2, 0.25) is 0 Å². The third-order valence-electron chi connectivity index (χ3n) is 4.39. The highest BCUT2D eigenvalue weighted by atomic mass is 19.1. The molecule has 0 saturated heterocycles. The van der Waals surface area contributed by atoms with Crippen molar-refractivity contribution in [3.8, 4) is 11.4 Å². The summed E-state index contributed by atoms with van der Waals surface area (Å²) in [7, 11) is 1.71. The number of anilines is 1. The lowest BCUT2D eigenvalue weighted by molar-refractivity contribution is 0.432. The largest absolute Gasteiger partial charge is 0.505 e. The number of nitrogens with zero attached hydrogens (tertiary/aromatic N) is 2. The van der Waals surface area contributed by atoms with Crippen LogP contribution < -0.4 is 11.0 Å². The van der Waals surface area contributed by atoms with Crippen molar-refractivity contribution in [2.75, 3.05) is 12.4 Å². The maximum Gasteiger partial charge on any atom is 0.354 e. The van der Waals surface area contributed by atoms with Gasteiger partial charge in [0.25, 0.3) is 0 Å². The van der Waals surface area contributed by atoms with E-state index in [-0.39, 0.29) is 0 Å². The van der Waals surface area contributed by atoms with Crippen LogP contribution in [-0.2, 0) is 0 Å². The molecule has 3 aromatic rings. The molecule has 24 heavy (non-hydrogen) atoms. The van der Waals surface area contributed by atoms with E-state index in [1.807, 2.05) is 12.1 Å². The second-order valence-electron chi connectivity index (χ2n) is 6.01. The van der Waals surface area contributed by atoms with Gasteiger partial charge in [0.15, 0.2) is 11.6 Å². The highest BCUT2D eigenvalue weighted by Gasteiger charge is 2.24. The lowest BCUT2D eigenvalue weighted by Crippen LogP contribution is -2.23. The number of hydrogen-bond donors (Lipinski definition) is 2. The van der Waals surface area contributed by atoms with Crippen LogP contribution in [0.15, 0.2) is 41.2 Å². The quantitative estimate of drug-likeness (QED) is 0.776. The lowest BCUT2D eigenvalue weighted by Gasteiger charge is -2.14. The van der Waals surface area contributed by atoms with Crippen LogP contribution in [0.4, 0.5) is 10.2 Å². The molecule has 6 heteroatoms. The van der Waals surface area contributed by atoms with Crippen LogP contribution in [-0.4, -0.2) is 21.7 Å². The van der Waals surface area contributed by atoms with Gasteiger partial charge in [-0.05, 0) is 48.6 Å². The first-order valence-corrected chi connectivity index (χ1v) is 7.82. The van der Waals surface area contributed by atoms with E-state index in [1.54, 1.807) is 7.05 Å². The monoisotopic (exact) mass is 325 g/mol. The smallest absolute Gasteiger partial charge is 0.354 e. The summed E-state index contributed by atoms with van der Waals surface area (Å²) in [5.74, 6) is -0.191. The molecule has 5 nitrogen and oxygen atoms in total. The Labute approximate surface area is 137 Å². The summed E-state index contributed by atoms with van der Waals surface area (Å²) >= 11 is 0. The van der Waals surface area contributed by atoms with Crippen LogP contribution in [0.1, 0.15) is 24.3 Å². The minimum absolute atomic E-state index is 0.381. The average molecular weight is 325 g/mol. The van der Waals surface area contributed by atoms with Gasteiger partial charge in [-0.2, -0.15) is 4.98 Å². The van der Waals surface area contributed by atoms with Gasteiger partial charge in [-0.3, -0.25) is 4.57 Å². The van der Waals surface area contributed by atoms with E-state index in [9.17, 15) is 14.3 Å². The number of nitrogens with one attached hydrogen (secondary N) is 1. The van der Waals surface area contributed by atoms with Gasteiger partial charge in [0.05, 0.1) is 11.2 Å². The zero-order valence-electron chi connectivity index (χ0n) is 13.1. The van der Waals surface area contributed by atoms with E-state index >= 15 is 0 Å². The zero-order chi connectivity index (χ0) is 16.8. The normalized spacial score (nSPS) is 14.1. The molecular weight excluding hydrogens is 309 g/mol. The summed E-state index contributed by atoms with van der Waals surface area (Å²) in [6.07, 6.45) is 2.30. The molecule has 2 N–H and O–H groups in total. The predicted molar refractivity (Wildman–Crippen MR) is 90.5 cm³/mol. The van der Waals surface area contributed by atoms with Crippen LogP contribution in [0, 0.1) is 5.82 Å². The molecule has 0 bridgehead atoms. The lowest BCUT2D eigenvalue weighted by atomic mass is 10.1. The number of phenolic OH excluding ortho intramolecular Hbond substituents is 1. The number of aromatic nitrogens is 2. The second kappa shape index (κ2) is 5.33. The van der Waals surface area contributed by atoms with Crippen molar-refractivity contribution in [3.05, 3.63) is 58.3 Å². The third kappa shape index (κ3) is 2.31. The molecular formula is C18H16FN3O2. The SMILES string of the molecule is CNc1nc(=O)n(-c2ccc(F)c(O)c2)c2cc(C3CC3)ccc12. The maximum atomic E-state index is 13.4. The molecule has 0 spiro atoms. The highest BCUT2D eigenvalue weighted by Crippen LogP contribution is 2.41. The van der Waals surface area contributed by atoms with E-state index < -0.39 is 17.3 Å². The van der Waals surface area contributed by atoms with Gasteiger partial charge >= 0.3 is 5.69 Å². The first-order chi connectivity index (χ1) is 11.6. The Morgan fingerprint density at radius 3 is 2.71 bits per heavy atom. The first-order valence-electron chi connectivity index (χ1n) is 7.82. The van der Waals surface area contributed by atoms with E-state index in [0.29, 0.717) is 22.9 Å². The Morgan fingerprint density at radius 1 is 1.25 bits per heavy atom. The van der Waals surface area contributed by atoms with Crippen LogP contribution in [0.25, 0.3) is 16.6 Å². The number of phenols is 1. The van der Waals surface area contributed by atoms with Gasteiger partial charge < -0.3 is 10.4 Å². The fourth-order valence-corrected chi connectivity index (χ4v) is 2.99. The standard InChI is InChI=1S/C18H16FN3O2/c1-20-17-13-6-4-11(10-2-3-10)8-15(13)22(18(24)21-17)12-5-7-14(19)16(23)9-12/h4-10,23H,2-3H2,1H3,(H,20,21,24). The van der Waals surface area contributed by atoms with E-state index in [1.165, 1.54) is 22.3 Å². The fourth-order valence-electron chi connectivity index (χ4n) is 2.99. The molecule has 0 aliphatic heterocycles. The van der Waals surface area contributed by atoms with E-state index in [4.69, 9.17) is 0 Å². The Hall–Kier alpha value is -2.89. The summed E-state index contributed by atoms with van der Waals surface area (Å²) < 4.78 is 14.8. The van der Waals surface area contributed by atoms with Gasteiger partial charge in [0.2, 0.25) is 0 Å². The Morgan fingerprint density at radius 2 is 2.04 bits per heavy atom. The molecule has 4 rings (SSSR count). The van der Waals surface area contributed by atoms with Crippen molar-refractivity contribution in [1.29, 1.82) is 0 Å². The number of benzene rings is 2. The summed E-state index contributed by atoms with van der Waals surface area (Å²) in [5, 5.41) is 13.4.